The number of nitrogens with zero attached hydrogens (tertiary/aromatic N) is 2. The van der Waals surface area contributed by atoms with E-state index in [2.05, 4.69) is 4.99 Å². The zero-order valence-corrected chi connectivity index (χ0v) is 6.16. The van der Waals surface area contributed by atoms with Gasteiger partial charge in [-0.1, -0.05) is 0 Å². The van der Waals surface area contributed by atoms with Crippen molar-refractivity contribution in [2.45, 2.75) is 19.9 Å². The molecule has 0 bridgehead atoms. The maximum absolute atomic E-state index is 11.0. The zero-order chi connectivity index (χ0) is 7.72. The molecule has 2 N–H and O–H groups in total. The third-order valence-electron chi connectivity index (χ3n) is 1.41. The topological polar surface area (TPSA) is 58.7 Å². The average molecular weight is 141 g/mol. The molecule has 0 atom stereocenters. The summed E-state index contributed by atoms with van der Waals surface area (Å²) in [5, 5.41) is 0. The van der Waals surface area contributed by atoms with Gasteiger partial charge in [-0.2, -0.15) is 0 Å². The number of amides is 1. The van der Waals surface area contributed by atoms with Gasteiger partial charge in [0.15, 0.2) is 5.96 Å². The van der Waals surface area contributed by atoms with Crippen molar-refractivity contribution in [3.05, 3.63) is 0 Å². The van der Waals surface area contributed by atoms with Crippen molar-refractivity contribution < 1.29 is 4.79 Å². The molecule has 56 valence electrons. The lowest BCUT2D eigenvalue weighted by atomic mass is 10.3. The number of guanidine groups is 1. The minimum atomic E-state index is -0.00694. The molecule has 4 heteroatoms. The number of carbonyl (C=O) groups excluding carboxylic acids is 1. The lowest BCUT2D eigenvalue weighted by Gasteiger charge is -2.19. The van der Waals surface area contributed by atoms with E-state index in [1.165, 1.54) is 4.90 Å². The summed E-state index contributed by atoms with van der Waals surface area (Å²) in [7, 11) is 0. The average Bonchev–Trinajstić information content (AvgIpc) is 2.11. The molecule has 0 unspecified atom stereocenters. The normalized spacial score (nSPS) is 18.5. The molecule has 1 rings (SSSR count). The fraction of sp³-hybridized carbons (Fsp3) is 0.667. The lowest BCUT2D eigenvalue weighted by molar-refractivity contribution is -0.125. The molecule has 1 amide bonds. The standard InChI is InChI=1S/C6H11N3O/c1-4(2)9-5(10)3-8-6(9)7/h4H,3H2,1-2H3,(H2,7,8). The first-order valence-corrected chi connectivity index (χ1v) is 3.25. The zero-order valence-electron chi connectivity index (χ0n) is 6.16. The van der Waals surface area contributed by atoms with Gasteiger partial charge in [-0.3, -0.25) is 9.69 Å². The van der Waals surface area contributed by atoms with Crippen LogP contribution < -0.4 is 5.73 Å². The van der Waals surface area contributed by atoms with E-state index in [-0.39, 0.29) is 18.5 Å². The molecule has 0 aromatic heterocycles. The van der Waals surface area contributed by atoms with Gasteiger partial charge in [0, 0.05) is 6.04 Å². The number of nitrogens with two attached hydrogens (primary N) is 1. The van der Waals surface area contributed by atoms with Crippen LogP contribution in [0, 0.1) is 0 Å². The van der Waals surface area contributed by atoms with Crippen LogP contribution in [0.5, 0.6) is 0 Å². The van der Waals surface area contributed by atoms with Crippen LogP contribution in [0.2, 0.25) is 0 Å². The van der Waals surface area contributed by atoms with Crippen LogP contribution in [-0.4, -0.2) is 29.4 Å². The van der Waals surface area contributed by atoms with Crippen molar-refractivity contribution in [2.24, 2.45) is 10.7 Å². The predicted molar refractivity (Wildman–Crippen MR) is 38.5 cm³/mol. The molecule has 0 aromatic rings. The Labute approximate surface area is 59.7 Å². The fourth-order valence-electron chi connectivity index (χ4n) is 0.981. The SMILES string of the molecule is CC(C)N1C(=O)CN=C1N. The lowest BCUT2D eigenvalue weighted by Crippen LogP contribution is -2.42. The molecule has 1 aliphatic heterocycles. The highest BCUT2D eigenvalue weighted by Gasteiger charge is 2.24. The van der Waals surface area contributed by atoms with Gasteiger partial charge < -0.3 is 5.73 Å². The van der Waals surface area contributed by atoms with Crippen molar-refractivity contribution in [1.82, 2.24) is 4.90 Å². The van der Waals surface area contributed by atoms with E-state index < -0.39 is 0 Å². The van der Waals surface area contributed by atoms with E-state index in [0.29, 0.717) is 5.96 Å². The molecule has 0 aromatic carbocycles. The number of aliphatic imine (C=N–C) groups is 1. The van der Waals surface area contributed by atoms with Crippen LogP contribution in [0.15, 0.2) is 4.99 Å². The summed E-state index contributed by atoms with van der Waals surface area (Å²) in [6.45, 7) is 4.03. The molecule has 0 radical (unpaired) electrons. The van der Waals surface area contributed by atoms with E-state index >= 15 is 0 Å². The van der Waals surface area contributed by atoms with Crippen molar-refractivity contribution in [2.75, 3.05) is 6.54 Å². The van der Waals surface area contributed by atoms with Gasteiger partial charge in [-0.05, 0) is 13.8 Å². The first kappa shape index (κ1) is 7.05. The Balaban J connectivity index is 2.74. The number of carbonyl (C=O) groups is 1. The first-order chi connectivity index (χ1) is 4.63. The van der Waals surface area contributed by atoms with Gasteiger partial charge in [0.05, 0.1) is 0 Å². The summed E-state index contributed by atoms with van der Waals surface area (Å²) >= 11 is 0. The van der Waals surface area contributed by atoms with E-state index in [0.717, 1.165) is 0 Å². The van der Waals surface area contributed by atoms with Gasteiger partial charge in [0.25, 0.3) is 5.91 Å². The van der Waals surface area contributed by atoms with E-state index in [1.54, 1.807) is 0 Å². The quantitative estimate of drug-likeness (QED) is 0.537. The molecule has 0 fully saturated rings. The van der Waals surface area contributed by atoms with Gasteiger partial charge >= 0.3 is 0 Å². The Morgan fingerprint density at radius 1 is 1.70 bits per heavy atom. The fourth-order valence-corrected chi connectivity index (χ4v) is 0.981. The number of rotatable bonds is 1. The Bertz CT molecular complexity index is 185. The highest BCUT2D eigenvalue weighted by Crippen LogP contribution is 2.04. The first-order valence-electron chi connectivity index (χ1n) is 3.25. The van der Waals surface area contributed by atoms with Crippen molar-refractivity contribution in [3.63, 3.8) is 0 Å². The predicted octanol–water partition coefficient (Wildman–Crippen LogP) is -0.448. The van der Waals surface area contributed by atoms with Gasteiger partial charge in [0.2, 0.25) is 0 Å². The molecule has 10 heavy (non-hydrogen) atoms. The minimum Gasteiger partial charge on any atom is -0.369 e. The van der Waals surface area contributed by atoms with Gasteiger partial charge in [0.1, 0.15) is 6.54 Å². The largest absolute Gasteiger partial charge is 0.369 e. The molecule has 4 nitrogen and oxygen atoms in total. The Morgan fingerprint density at radius 3 is 2.50 bits per heavy atom. The summed E-state index contributed by atoms with van der Waals surface area (Å²) in [4.78, 5) is 16.2. The smallest absolute Gasteiger partial charge is 0.251 e. The Kier molecular flexibility index (Phi) is 1.61. The number of hydrogen-bond acceptors (Lipinski definition) is 3. The Morgan fingerprint density at radius 2 is 2.30 bits per heavy atom. The molecule has 0 spiro atoms. The third kappa shape index (κ3) is 0.964. The highest BCUT2D eigenvalue weighted by molar-refractivity contribution is 6.02. The summed E-state index contributed by atoms with van der Waals surface area (Å²) in [5.74, 6) is 0.340. The number of hydrogen-bond donors (Lipinski definition) is 1. The van der Waals surface area contributed by atoms with Crippen LogP contribution >= 0.6 is 0 Å². The van der Waals surface area contributed by atoms with Crippen LogP contribution in [-0.2, 0) is 4.79 Å². The monoisotopic (exact) mass is 141 g/mol. The van der Waals surface area contributed by atoms with Crippen LogP contribution in [0.3, 0.4) is 0 Å². The second-order valence-electron chi connectivity index (χ2n) is 2.53. The van der Waals surface area contributed by atoms with E-state index in [4.69, 9.17) is 5.73 Å². The summed E-state index contributed by atoms with van der Waals surface area (Å²) < 4.78 is 0. The van der Waals surface area contributed by atoms with Crippen LogP contribution in [0.1, 0.15) is 13.8 Å². The van der Waals surface area contributed by atoms with E-state index in [1.807, 2.05) is 13.8 Å². The molecule has 1 aliphatic rings. The van der Waals surface area contributed by atoms with Crippen molar-refractivity contribution >= 4 is 11.9 Å². The van der Waals surface area contributed by atoms with Crippen LogP contribution in [0.4, 0.5) is 0 Å². The van der Waals surface area contributed by atoms with Crippen molar-refractivity contribution in [1.29, 1.82) is 0 Å². The highest BCUT2D eigenvalue weighted by atomic mass is 16.2. The van der Waals surface area contributed by atoms with Gasteiger partial charge in [-0.15, -0.1) is 0 Å². The summed E-state index contributed by atoms with van der Waals surface area (Å²) in [5.41, 5.74) is 5.43. The second-order valence-corrected chi connectivity index (χ2v) is 2.53. The second kappa shape index (κ2) is 2.28. The molecule has 0 saturated heterocycles. The molecular weight excluding hydrogens is 130 g/mol. The molecule has 1 heterocycles. The molecule has 0 saturated carbocycles. The third-order valence-corrected chi connectivity index (χ3v) is 1.41. The molecular formula is C6H11N3O. The van der Waals surface area contributed by atoms with Gasteiger partial charge in [-0.25, -0.2) is 4.99 Å². The Hall–Kier alpha value is -1.06. The maximum atomic E-state index is 11.0. The maximum Gasteiger partial charge on any atom is 0.251 e. The van der Waals surface area contributed by atoms with Crippen LogP contribution in [0.25, 0.3) is 0 Å². The van der Waals surface area contributed by atoms with Crippen molar-refractivity contribution in [3.8, 4) is 0 Å². The minimum absolute atomic E-state index is 0.00694. The summed E-state index contributed by atoms with van der Waals surface area (Å²) in [6.07, 6.45) is 0. The van der Waals surface area contributed by atoms with E-state index in [9.17, 15) is 4.79 Å². The summed E-state index contributed by atoms with van der Waals surface area (Å²) in [6, 6.07) is 0.124. The molecule has 0 aliphatic carbocycles.